The van der Waals surface area contributed by atoms with Crippen LogP contribution in [0.3, 0.4) is 0 Å². The van der Waals surface area contributed by atoms with Gasteiger partial charge in [-0.3, -0.25) is 14.3 Å². The second-order valence-corrected chi connectivity index (χ2v) is 6.04. The molecule has 0 radical (unpaired) electrons. The summed E-state index contributed by atoms with van der Waals surface area (Å²) in [5.74, 6) is -1.44. The number of aromatic nitrogens is 2. The Balaban J connectivity index is 2.48. The van der Waals surface area contributed by atoms with Gasteiger partial charge in [0.25, 0.3) is 5.91 Å². The van der Waals surface area contributed by atoms with E-state index < -0.39 is 23.3 Å². The molecule has 128 valence electrons. The molecule has 24 heavy (non-hydrogen) atoms. The van der Waals surface area contributed by atoms with Crippen LogP contribution in [0, 0.1) is 12.8 Å². The number of nitrogens with one attached hydrogen (secondary N) is 1. The van der Waals surface area contributed by atoms with Gasteiger partial charge in [-0.1, -0.05) is 25.5 Å². The minimum Gasteiger partial charge on any atom is -0.467 e. The molecule has 0 saturated carbocycles. The third-order valence-electron chi connectivity index (χ3n) is 3.83. The van der Waals surface area contributed by atoms with Gasteiger partial charge < -0.3 is 10.1 Å². The fraction of sp³-hybridized carbons (Fsp3) is 0.412. The van der Waals surface area contributed by atoms with Gasteiger partial charge >= 0.3 is 5.97 Å². The molecule has 7 heteroatoms. The molecule has 0 saturated heterocycles. The average Bonchev–Trinajstić information content (AvgIpc) is 2.54. The summed E-state index contributed by atoms with van der Waals surface area (Å²) >= 11 is 0. The van der Waals surface area contributed by atoms with E-state index in [0.717, 1.165) is 5.56 Å². The van der Waals surface area contributed by atoms with Crippen molar-refractivity contribution in [1.29, 1.82) is 0 Å². The minimum atomic E-state index is -0.845. The molecule has 2 aromatic rings. The summed E-state index contributed by atoms with van der Waals surface area (Å²) in [5, 5.41) is 7.02. The number of amides is 1. The van der Waals surface area contributed by atoms with Crippen LogP contribution in [0.1, 0.15) is 29.9 Å². The molecule has 1 aromatic carbocycles. The molecule has 1 unspecified atom stereocenters. The summed E-state index contributed by atoms with van der Waals surface area (Å²) in [5.41, 5.74) is 0.837. The Hall–Kier alpha value is -2.70. The van der Waals surface area contributed by atoms with Gasteiger partial charge in [0.2, 0.25) is 5.43 Å². The molecule has 1 amide bonds. The van der Waals surface area contributed by atoms with Crippen molar-refractivity contribution in [2.24, 2.45) is 13.0 Å². The van der Waals surface area contributed by atoms with Crippen LogP contribution < -0.4 is 10.7 Å². The van der Waals surface area contributed by atoms with Crippen molar-refractivity contribution in [2.75, 3.05) is 7.11 Å². The number of methoxy groups -OCH3 is 1. The molecule has 7 nitrogen and oxygen atoms in total. The van der Waals surface area contributed by atoms with Crippen molar-refractivity contribution >= 4 is 22.8 Å². The normalized spacial score (nSPS) is 12.2. The summed E-state index contributed by atoms with van der Waals surface area (Å²) < 4.78 is 6.17. The van der Waals surface area contributed by atoms with Crippen LogP contribution in [0.4, 0.5) is 0 Å². The SMILES string of the molecule is COC(=O)C(NC(=O)c1nn(C)c2ccc(C)cc2c1=O)C(C)C. The first kappa shape index (κ1) is 17.7. The molecule has 0 spiro atoms. The fourth-order valence-electron chi connectivity index (χ4n) is 2.47. The van der Waals surface area contributed by atoms with Crippen molar-refractivity contribution in [3.63, 3.8) is 0 Å². The predicted molar refractivity (Wildman–Crippen MR) is 89.8 cm³/mol. The molecular formula is C17H21N3O4. The highest BCUT2D eigenvalue weighted by molar-refractivity contribution is 5.97. The number of carbonyl (C=O) groups excluding carboxylic acids is 2. The van der Waals surface area contributed by atoms with E-state index in [-0.39, 0.29) is 11.6 Å². The van der Waals surface area contributed by atoms with E-state index in [1.807, 2.05) is 13.0 Å². The van der Waals surface area contributed by atoms with Crippen LogP contribution in [0.15, 0.2) is 23.0 Å². The van der Waals surface area contributed by atoms with Gasteiger partial charge in [-0.2, -0.15) is 5.10 Å². The first-order chi connectivity index (χ1) is 11.3. The Bertz CT molecular complexity index is 855. The van der Waals surface area contributed by atoms with Crippen molar-refractivity contribution < 1.29 is 14.3 Å². The van der Waals surface area contributed by atoms with Crippen molar-refractivity contribution in [1.82, 2.24) is 15.1 Å². The van der Waals surface area contributed by atoms with Crippen LogP contribution in [-0.2, 0) is 16.6 Å². The maximum Gasteiger partial charge on any atom is 0.328 e. The molecular weight excluding hydrogens is 310 g/mol. The highest BCUT2D eigenvalue weighted by Crippen LogP contribution is 2.12. The average molecular weight is 331 g/mol. The molecule has 0 aliphatic heterocycles. The van der Waals surface area contributed by atoms with Gasteiger partial charge in [-0.25, -0.2) is 4.79 Å². The number of fused-ring (bicyclic) bond motifs is 1. The van der Waals surface area contributed by atoms with Crippen LogP contribution in [-0.4, -0.2) is 34.8 Å². The van der Waals surface area contributed by atoms with Crippen LogP contribution in [0.2, 0.25) is 0 Å². The quantitative estimate of drug-likeness (QED) is 0.849. The number of esters is 1. The number of ether oxygens (including phenoxy) is 1. The molecule has 1 aromatic heterocycles. The van der Waals surface area contributed by atoms with E-state index in [2.05, 4.69) is 10.4 Å². The Kier molecular flexibility index (Phi) is 5.02. The van der Waals surface area contributed by atoms with Gasteiger partial charge in [0.05, 0.1) is 18.0 Å². The maximum atomic E-state index is 12.6. The van der Waals surface area contributed by atoms with Crippen molar-refractivity contribution in [2.45, 2.75) is 26.8 Å². The summed E-state index contributed by atoms with van der Waals surface area (Å²) in [6.07, 6.45) is 0. The van der Waals surface area contributed by atoms with Crippen LogP contribution >= 0.6 is 0 Å². The van der Waals surface area contributed by atoms with Gasteiger partial charge in [0.15, 0.2) is 5.69 Å². The lowest BCUT2D eigenvalue weighted by Crippen LogP contribution is -2.46. The number of nitrogens with zero attached hydrogens (tertiary/aromatic N) is 2. The van der Waals surface area contributed by atoms with Gasteiger partial charge in [0, 0.05) is 7.05 Å². The molecule has 0 bridgehead atoms. The zero-order chi connectivity index (χ0) is 18.0. The van der Waals surface area contributed by atoms with Crippen molar-refractivity contribution in [3.05, 3.63) is 39.7 Å². The Morgan fingerprint density at radius 2 is 1.96 bits per heavy atom. The van der Waals surface area contributed by atoms with E-state index in [1.165, 1.54) is 11.8 Å². The molecule has 0 aliphatic carbocycles. The Labute approximate surface area is 139 Å². The number of hydrogen-bond acceptors (Lipinski definition) is 5. The molecule has 0 fully saturated rings. The fourth-order valence-corrected chi connectivity index (χ4v) is 2.47. The zero-order valence-corrected chi connectivity index (χ0v) is 14.4. The van der Waals surface area contributed by atoms with E-state index in [1.54, 1.807) is 33.0 Å². The second-order valence-electron chi connectivity index (χ2n) is 6.04. The summed E-state index contributed by atoms with van der Waals surface area (Å²) in [7, 11) is 2.91. The standard InChI is InChI=1S/C17H21N3O4/c1-9(2)13(17(23)24-5)18-16(22)14-15(21)11-8-10(3)6-7-12(11)20(4)19-14/h6-9,13H,1-5H3,(H,18,22). The smallest absolute Gasteiger partial charge is 0.328 e. The lowest BCUT2D eigenvalue weighted by molar-refractivity contribution is -0.144. The number of carbonyl (C=O) groups is 2. The van der Waals surface area contributed by atoms with Crippen LogP contribution in [0.5, 0.6) is 0 Å². The first-order valence-corrected chi connectivity index (χ1v) is 7.62. The molecule has 1 N–H and O–H groups in total. The monoisotopic (exact) mass is 331 g/mol. The highest BCUT2D eigenvalue weighted by Gasteiger charge is 2.27. The first-order valence-electron chi connectivity index (χ1n) is 7.62. The lowest BCUT2D eigenvalue weighted by atomic mass is 10.0. The number of benzene rings is 1. The Morgan fingerprint density at radius 1 is 1.29 bits per heavy atom. The van der Waals surface area contributed by atoms with Crippen molar-refractivity contribution in [3.8, 4) is 0 Å². The van der Waals surface area contributed by atoms with Gasteiger partial charge in [-0.15, -0.1) is 0 Å². The summed E-state index contributed by atoms with van der Waals surface area (Å²) in [6.45, 7) is 5.42. The molecule has 1 heterocycles. The molecule has 0 aliphatic rings. The number of aryl methyl sites for hydroxylation is 2. The zero-order valence-electron chi connectivity index (χ0n) is 14.4. The van der Waals surface area contributed by atoms with E-state index in [9.17, 15) is 14.4 Å². The van der Waals surface area contributed by atoms with E-state index in [4.69, 9.17) is 4.74 Å². The second kappa shape index (κ2) is 6.82. The van der Waals surface area contributed by atoms with Gasteiger partial charge in [0.1, 0.15) is 6.04 Å². The molecule has 2 rings (SSSR count). The predicted octanol–water partition coefficient (Wildman–Crippen LogP) is 1.17. The number of hydrogen-bond donors (Lipinski definition) is 1. The van der Waals surface area contributed by atoms with E-state index >= 15 is 0 Å². The summed E-state index contributed by atoms with van der Waals surface area (Å²) in [6, 6.07) is 4.53. The Morgan fingerprint density at radius 3 is 2.54 bits per heavy atom. The van der Waals surface area contributed by atoms with Crippen LogP contribution in [0.25, 0.3) is 10.9 Å². The van der Waals surface area contributed by atoms with Gasteiger partial charge in [-0.05, 0) is 25.0 Å². The van der Waals surface area contributed by atoms with E-state index in [0.29, 0.717) is 10.9 Å². The molecule has 1 atom stereocenters. The minimum absolute atomic E-state index is 0.187. The lowest BCUT2D eigenvalue weighted by Gasteiger charge is -2.19. The third kappa shape index (κ3) is 3.29. The third-order valence-corrected chi connectivity index (χ3v) is 3.83. The highest BCUT2D eigenvalue weighted by atomic mass is 16.5. The topological polar surface area (TPSA) is 90.3 Å². The number of rotatable bonds is 4. The largest absolute Gasteiger partial charge is 0.467 e. The summed E-state index contributed by atoms with van der Waals surface area (Å²) in [4.78, 5) is 36.9. The maximum absolute atomic E-state index is 12.6.